The summed E-state index contributed by atoms with van der Waals surface area (Å²) in [7, 11) is 1.57. The Labute approximate surface area is 118 Å². The molecule has 1 amide bonds. The molecule has 2 atom stereocenters. The average molecular weight is 283 g/mol. The fraction of sp³-hybridized carbons (Fsp3) is 0.500. The zero-order valence-electron chi connectivity index (χ0n) is 11.0. The number of hydrogen-bond donors (Lipinski definition) is 2. The lowest BCUT2D eigenvalue weighted by molar-refractivity contribution is -0.120. The van der Waals surface area contributed by atoms with Crippen molar-refractivity contribution in [3.63, 3.8) is 0 Å². The second-order valence-electron chi connectivity index (χ2n) is 4.87. The third kappa shape index (κ3) is 3.19. The van der Waals surface area contributed by atoms with E-state index in [1.54, 1.807) is 25.3 Å². The molecule has 1 aromatic carbocycles. The quantitative estimate of drug-likeness (QED) is 0.892. The van der Waals surface area contributed by atoms with Crippen LogP contribution in [0.1, 0.15) is 19.3 Å². The van der Waals surface area contributed by atoms with Crippen molar-refractivity contribution in [3.8, 4) is 5.75 Å². The molecule has 2 rings (SSSR count). The summed E-state index contributed by atoms with van der Waals surface area (Å²) >= 11 is 5.95. The van der Waals surface area contributed by atoms with Crippen LogP contribution in [0.4, 0.5) is 5.69 Å². The maximum Gasteiger partial charge on any atom is 0.227 e. The van der Waals surface area contributed by atoms with Crippen LogP contribution in [0, 0.1) is 11.8 Å². The van der Waals surface area contributed by atoms with E-state index in [1.165, 1.54) is 0 Å². The smallest absolute Gasteiger partial charge is 0.227 e. The molecule has 0 spiro atoms. The van der Waals surface area contributed by atoms with Crippen LogP contribution < -0.4 is 15.8 Å². The van der Waals surface area contributed by atoms with Crippen LogP contribution >= 0.6 is 11.6 Å². The monoisotopic (exact) mass is 282 g/mol. The van der Waals surface area contributed by atoms with Gasteiger partial charge in [-0.05, 0) is 43.5 Å². The Morgan fingerprint density at radius 2 is 2.32 bits per heavy atom. The van der Waals surface area contributed by atoms with E-state index in [9.17, 15) is 4.79 Å². The first kappa shape index (κ1) is 14.2. The second-order valence-corrected chi connectivity index (χ2v) is 5.30. The molecule has 5 heteroatoms. The van der Waals surface area contributed by atoms with Crippen molar-refractivity contribution in [3.05, 3.63) is 23.2 Å². The zero-order valence-corrected chi connectivity index (χ0v) is 11.7. The largest absolute Gasteiger partial charge is 0.495 e. The number of methoxy groups -OCH3 is 1. The van der Waals surface area contributed by atoms with Gasteiger partial charge in [-0.1, -0.05) is 18.0 Å². The van der Waals surface area contributed by atoms with E-state index >= 15 is 0 Å². The van der Waals surface area contributed by atoms with Crippen LogP contribution in [0.15, 0.2) is 18.2 Å². The Hall–Kier alpha value is -1.26. The van der Waals surface area contributed by atoms with Crippen LogP contribution in [0.25, 0.3) is 0 Å². The van der Waals surface area contributed by atoms with Gasteiger partial charge in [0.05, 0.1) is 12.8 Å². The summed E-state index contributed by atoms with van der Waals surface area (Å²) in [5, 5.41) is 3.47. The number of ether oxygens (including phenoxy) is 1. The predicted octanol–water partition coefficient (Wildman–Crippen LogP) is 2.66. The highest BCUT2D eigenvalue weighted by atomic mass is 35.5. The Morgan fingerprint density at radius 3 is 3.00 bits per heavy atom. The average Bonchev–Trinajstić information content (AvgIpc) is 2.87. The van der Waals surface area contributed by atoms with Crippen molar-refractivity contribution >= 4 is 23.2 Å². The normalized spacial score (nSPS) is 22.3. The van der Waals surface area contributed by atoms with Gasteiger partial charge in [0.25, 0.3) is 0 Å². The van der Waals surface area contributed by atoms with Gasteiger partial charge in [0.2, 0.25) is 5.91 Å². The fourth-order valence-corrected chi connectivity index (χ4v) is 2.84. The summed E-state index contributed by atoms with van der Waals surface area (Å²) in [5.41, 5.74) is 6.32. The van der Waals surface area contributed by atoms with Crippen molar-refractivity contribution in [1.82, 2.24) is 0 Å². The second kappa shape index (κ2) is 6.26. The van der Waals surface area contributed by atoms with Gasteiger partial charge in [-0.25, -0.2) is 0 Å². The number of nitrogens with two attached hydrogens (primary N) is 1. The molecule has 0 aromatic heterocycles. The Morgan fingerprint density at radius 1 is 1.53 bits per heavy atom. The lowest BCUT2D eigenvalue weighted by atomic mass is 9.95. The van der Waals surface area contributed by atoms with Gasteiger partial charge in [0, 0.05) is 10.9 Å². The topological polar surface area (TPSA) is 64.3 Å². The fourth-order valence-electron chi connectivity index (χ4n) is 2.67. The van der Waals surface area contributed by atoms with Crippen LogP contribution in [0.2, 0.25) is 5.02 Å². The highest BCUT2D eigenvalue weighted by molar-refractivity contribution is 6.31. The predicted molar refractivity (Wildman–Crippen MR) is 76.5 cm³/mol. The van der Waals surface area contributed by atoms with E-state index in [-0.39, 0.29) is 17.7 Å². The number of anilines is 1. The van der Waals surface area contributed by atoms with E-state index in [2.05, 4.69) is 5.32 Å². The van der Waals surface area contributed by atoms with Crippen molar-refractivity contribution in [2.24, 2.45) is 17.6 Å². The maximum absolute atomic E-state index is 12.3. The Bertz CT molecular complexity index is 465. The van der Waals surface area contributed by atoms with E-state index in [4.69, 9.17) is 22.1 Å². The molecule has 19 heavy (non-hydrogen) atoms. The molecule has 2 unspecified atom stereocenters. The summed E-state index contributed by atoms with van der Waals surface area (Å²) in [4.78, 5) is 12.3. The molecular weight excluding hydrogens is 264 g/mol. The van der Waals surface area contributed by atoms with Gasteiger partial charge in [-0.3, -0.25) is 4.79 Å². The molecule has 0 radical (unpaired) electrons. The van der Waals surface area contributed by atoms with Crippen molar-refractivity contribution in [1.29, 1.82) is 0 Å². The van der Waals surface area contributed by atoms with Crippen LogP contribution in [0.5, 0.6) is 5.75 Å². The Kier molecular flexibility index (Phi) is 4.66. The maximum atomic E-state index is 12.3. The SMILES string of the molecule is COc1ccc(Cl)cc1NC(=O)C1CCCC1CN. The molecule has 0 bridgehead atoms. The lowest BCUT2D eigenvalue weighted by Crippen LogP contribution is -2.29. The molecule has 1 aliphatic carbocycles. The van der Waals surface area contributed by atoms with Gasteiger partial charge in [0.15, 0.2) is 0 Å². The minimum Gasteiger partial charge on any atom is -0.495 e. The first-order chi connectivity index (χ1) is 9.15. The minimum absolute atomic E-state index is 0.00584. The highest BCUT2D eigenvalue weighted by Gasteiger charge is 2.32. The molecule has 0 aliphatic heterocycles. The van der Waals surface area contributed by atoms with E-state index in [0.717, 1.165) is 19.3 Å². The summed E-state index contributed by atoms with van der Waals surface area (Å²) in [6.07, 6.45) is 2.99. The van der Waals surface area contributed by atoms with Gasteiger partial charge < -0.3 is 15.8 Å². The molecule has 1 aromatic rings. The van der Waals surface area contributed by atoms with Gasteiger partial charge in [-0.2, -0.15) is 0 Å². The van der Waals surface area contributed by atoms with E-state index in [0.29, 0.717) is 23.0 Å². The minimum atomic E-state index is -0.00584. The van der Waals surface area contributed by atoms with Gasteiger partial charge >= 0.3 is 0 Å². The van der Waals surface area contributed by atoms with Crippen molar-refractivity contribution in [2.75, 3.05) is 19.0 Å². The summed E-state index contributed by atoms with van der Waals surface area (Å²) in [6.45, 7) is 0.560. The lowest BCUT2D eigenvalue weighted by Gasteiger charge is -2.18. The number of halogens is 1. The molecule has 104 valence electrons. The molecule has 0 saturated heterocycles. The first-order valence-corrected chi connectivity index (χ1v) is 6.88. The number of carbonyl (C=O) groups excluding carboxylic acids is 1. The van der Waals surface area contributed by atoms with Crippen LogP contribution in [-0.4, -0.2) is 19.6 Å². The zero-order chi connectivity index (χ0) is 13.8. The molecular formula is C14H19ClN2O2. The molecule has 1 aliphatic rings. The molecule has 0 heterocycles. The van der Waals surface area contributed by atoms with Gasteiger partial charge in [-0.15, -0.1) is 0 Å². The van der Waals surface area contributed by atoms with Crippen LogP contribution in [-0.2, 0) is 4.79 Å². The standard InChI is InChI=1S/C14H19ClN2O2/c1-19-13-6-5-10(15)7-12(13)17-14(18)11-4-2-3-9(11)8-16/h5-7,9,11H,2-4,8,16H2,1H3,(H,17,18). The number of hydrogen-bond acceptors (Lipinski definition) is 3. The molecule has 4 nitrogen and oxygen atoms in total. The molecule has 3 N–H and O–H groups in total. The van der Waals surface area contributed by atoms with Crippen LogP contribution in [0.3, 0.4) is 0 Å². The number of carbonyl (C=O) groups is 1. The third-order valence-corrected chi connectivity index (χ3v) is 3.95. The number of rotatable bonds is 4. The Balaban J connectivity index is 2.12. The number of amides is 1. The van der Waals surface area contributed by atoms with E-state index < -0.39 is 0 Å². The molecule has 1 fully saturated rings. The third-order valence-electron chi connectivity index (χ3n) is 3.72. The van der Waals surface area contributed by atoms with Crippen molar-refractivity contribution in [2.45, 2.75) is 19.3 Å². The van der Waals surface area contributed by atoms with E-state index in [1.807, 2.05) is 0 Å². The first-order valence-electron chi connectivity index (χ1n) is 6.50. The number of nitrogens with one attached hydrogen (secondary N) is 1. The van der Waals surface area contributed by atoms with Gasteiger partial charge in [0.1, 0.15) is 5.75 Å². The highest BCUT2D eigenvalue weighted by Crippen LogP contribution is 2.34. The summed E-state index contributed by atoms with van der Waals surface area (Å²) < 4.78 is 5.22. The summed E-state index contributed by atoms with van der Waals surface area (Å²) in [6, 6.07) is 5.17. The molecule has 1 saturated carbocycles. The summed E-state index contributed by atoms with van der Waals surface area (Å²) in [5.74, 6) is 0.896. The number of benzene rings is 1. The van der Waals surface area contributed by atoms with Crippen molar-refractivity contribution < 1.29 is 9.53 Å².